The van der Waals surface area contributed by atoms with Gasteiger partial charge in [0.1, 0.15) is 5.75 Å². The average Bonchev–Trinajstić information content (AvgIpc) is 3.07. The quantitative estimate of drug-likeness (QED) is 0.755. The van der Waals surface area contributed by atoms with Crippen molar-refractivity contribution in [3.63, 3.8) is 0 Å². The summed E-state index contributed by atoms with van der Waals surface area (Å²) in [6, 6.07) is 16.2. The monoisotopic (exact) mass is 349 g/mol. The lowest BCUT2D eigenvalue weighted by Crippen LogP contribution is -2.20. The molecule has 0 saturated heterocycles. The van der Waals surface area contributed by atoms with Crippen molar-refractivity contribution < 1.29 is 9.53 Å². The molecular formula is C19H15N3O2S. The molecule has 0 unspecified atom stereocenters. The third-order valence-corrected chi connectivity index (χ3v) is 4.21. The molecule has 0 saturated carbocycles. The van der Waals surface area contributed by atoms with E-state index in [1.165, 1.54) is 0 Å². The Morgan fingerprint density at radius 1 is 1.20 bits per heavy atom. The molecule has 25 heavy (non-hydrogen) atoms. The van der Waals surface area contributed by atoms with E-state index in [1.807, 2.05) is 42.6 Å². The fourth-order valence-corrected chi connectivity index (χ4v) is 2.81. The number of hydrogen-bond donors (Lipinski definition) is 1. The number of benzene rings is 2. The second-order valence-corrected chi connectivity index (χ2v) is 6.36. The summed E-state index contributed by atoms with van der Waals surface area (Å²) in [4.78, 5) is 16.4. The molecule has 0 radical (unpaired) electrons. The summed E-state index contributed by atoms with van der Waals surface area (Å²) in [7, 11) is 0. The number of nitriles is 1. The van der Waals surface area contributed by atoms with Gasteiger partial charge in [-0.3, -0.25) is 4.79 Å². The van der Waals surface area contributed by atoms with Gasteiger partial charge in [-0.05, 0) is 43.3 Å². The highest BCUT2D eigenvalue weighted by molar-refractivity contribution is 7.09. The van der Waals surface area contributed by atoms with Crippen molar-refractivity contribution in [2.24, 2.45) is 0 Å². The van der Waals surface area contributed by atoms with Crippen LogP contribution in [0.1, 0.15) is 10.6 Å². The number of nitrogens with one attached hydrogen (secondary N) is 1. The third kappa shape index (κ3) is 4.43. The molecule has 124 valence electrons. The number of aromatic nitrogens is 1. The van der Waals surface area contributed by atoms with Gasteiger partial charge in [0.15, 0.2) is 6.61 Å². The van der Waals surface area contributed by atoms with Gasteiger partial charge >= 0.3 is 0 Å². The highest BCUT2D eigenvalue weighted by Gasteiger charge is 2.06. The summed E-state index contributed by atoms with van der Waals surface area (Å²) in [5.74, 6) is 0.296. The number of thiazole rings is 1. The smallest absolute Gasteiger partial charge is 0.262 e. The van der Waals surface area contributed by atoms with Gasteiger partial charge in [0.05, 0.1) is 22.3 Å². The number of hydrogen-bond acceptors (Lipinski definition) is 5. The number of anilines is 1. The first kappa shape index (κ1) is 16.7. The van der Waals surface area contributed by atoms with Crippen LogP contribution in [0.2, 0.25) is 0 Å². The second kappa shape index (κ2) is 7.60. The molecular weight excluding hydrogens is 334 g/mol. The van der Waals surface area contributed by atoms with E-state index < -0.39 is 0 Å². The number of nitrogens with zero attached hydrogens (tertiary/aromatic N) is 2. The molecule has 2 aromatic carbocycles. The molecule has 0 spiro atoms. The lowest BCUT2D eigenvalue weighted by atomic mass is 10.1. The maximum atomic E-state index is 12.0. The first-order chi connectivity index (χ1) is 12.1. The molecule has 0 aliphatic heterocycles. The van der Waals surface area contributed by atoms with Crippen LogP contribution >= 0.6 is 11.3 Å². The zero-order valence-electron chi connectivity index (χ0n) is 13.5. The van der Waals surface area contributed by atoms with Crippen molar-refractivity contribution in [3.8, 4) is 23.1 Å². The van der Waals surface area contributed by atoms with Crippen LogP contribution in [0.15, 0.2) is 53.9 Å². The molecule has 3 rings (SSSR count). The summed E-state index contributed by atoms with van der Waals surface area (Å²) in [5.41, 5.74) is 3.19. The summed E-state index contributed by atoms with van der Waals surface area (Å²) in [6.07, 6.45) is 0. The van der Waals surface area contributed by atoms with Gasteiger partial charge < -0.3 is 10.1 Å². The van der Waals surface area contributed by atoms with Gasteiger partial charge in [0.25, 0.3) is 5.91 Å². The molecule has 0 bridgehead atoms. The fraction of sp³-hybridized carbons (Fsp3) is 0.105. The van der Waals surface area contributed by atoms with Crippen LogP contribution in [-0.2, 0) is 4.79 Å². The van der Waals surface area contributed by atoms with Crippen LogP contribution in [0, 0.1) is 18.3 Å². The van der Waals surface area contributed by atoms with E-state index in [-0.39, 0.29) is 12.5 Å². The SMILES string of the molecule is Cc1nc(-c2ccc(NC(=O)COc3ccc(C#N)cc3)cc2)cs1. The standard InChI is InChI=1S/C19H15N3O2S/c1-13-21-18(12-25-13)15-4-6-16(7-5-15)22-19(23)11-24-17-8-2-14(10-20)3-9-17/h2-9,12H,11H2,1H3,(H,22,23). The molecule has 0 fully saturated rings. The number of ether oxygens (including phenoxy) is 1. The largest absolute Gasteiger partial charge is 0.484 e. The topological polar surface area (TPSA) is 75.0 Å². The highest BCUT2D eigenvalue weighted by atomic mass is 32.1. The van der Waals surface area contributed by atoms with Crippen molar-refractivity contribution in [1.82, 2.24) is 4.98 Å². The van der Waals surface area contributed by atoms with E-state index in [0.717, 1.165) is 16.3 Å². The Hall–Kier alpha value is -3.17. The fourth-order valence-electron chi connectivity index (χ4n) is 2.19. The number of carbonyl (C=O) groups is 1. The van der Waals surface area contributed by atoms with Crippen molar-refractivity contribution in [2.75, 3.05) is 11.9 Å². The van der Waals surface area contributed by atoms with Crippen LogP contribution in [-0.4, -0.2) is 17.5 Å². The van der Waals surface area contributed by atoms with Crippen molar-refractivity contribution >= 4 is 22.9 Å². The summed E-state index contributed by atoms with van der Waals surface area (Å²) in [5, 5.41) is 14.6. The molecule has 0 aliphatic carbocycles. The number of aryl methyl sites for hydroxylation is 1. The zero-order valence-corrected chi connectivity index (χ0v) is 14.3. The normalized spacial score (nSPS) is 10.1. The Balaban J connectivity index is 1.54. The van der Waals surface area contributed by atoms with E-state index in [1.54, 1.807) is 35.6 Å². The molecule has 1 aromatic heterocycles. The van der Waals surface area contributed by atoms with Gasteiger partial charge in [0.2, 0.25) is 0 Å². The minimum absolute atomic E-state index is 0.0983. The van der Waals surface area contributed by atoms with E-state index in [4.69, 9.17) is 10.00 Å². The summed E-state index contributed by atoms with van der Waals surface area (Å²) < 4.78 is 5.41. The average molecular weight is 349 g/mol. The van der Waals surface area contributed by atoms with Gasteiger partial charge in [-0.25, -0.2) is 4.98 Å². The van der Waals surface area contributed by atoms with Gasteiger partial charge in [0, 0.05) is 16.6 Å². The minimum atomic E-state index is -0.249. The third-order valence-electron chi connectivity index (χ3n) is 3.44. The van der Waals surface area contributed by atoms with E-state index in [0.29, 0.717) is 17.0 Å². The van der Waals surface area contributed by atoms with Gasteiger partial charge in [-0.15, -0.1) is 11.3 Å². The first-order valence-electron chi connectivity index (χ1n) is 7.59. The lowest BCUT2D eigenvalue weighted by molar-refractivity contribution is -0.118. The molecule has 1 heterocycles. The molecule has 1 amide bonds. The number of carbonyl (C=O) groups excluding carboxylic acids is 1. The van der Waals surface area contributed by atoms with E-state index in [2.05, 4.69) is 10.3 Å². The predicted molar refractivity (Wildman–Crippen MR) is 97.6 cm³/mol. The maximum absolute atomic E-state index is 12.0. The molecule has 6 heteroatoms. The predicted octanol–water partition coefficient (Wildman–Crippen LogP) is 4.01. The summed E-state index contributed by atoms with van der Waals surface area (Å²) >= 11 is 1.61. The van der Waals surface area contributed by atoms with Crippen molar-refractivity contribution in [1.29, 1.82) is 5.26 Å². The van der Waals surface area contributed by atoms with Gasteiger partial charge in [-0.2, -0.15) is 5.26 Å². The van der Waals surface area contributed by atoms with Gasteiger partial charge in [-0.1, -0.05) is 12.1 Å². The van der Waals surface area contributed by atoms with E-state index in [9.17, 15) is 4.79 Å². The van der Waals surface area contributed by atoms with Crippen LogP contribution in [0.3, 0.4) is 0 Å². The Kier molecular flexibility index (Phi) is 5.07. The molecule has 5 nitrogen and oxygen atoms in total. The molecule has 1 N–H and O–H groups in total. The lowest BCUT2D eigenvalue weighted by Gasteiger charge is -2.08. The highest BCUT2D eigenvalue weighted by Crippen LogP contribution is 2.23. The Morgan fingerprint density at radius 3 is 2.52 bits per heavy atom. The Bertz CT molecular complexity index is 909. The van der Waals surface area contributed by atoms with E-state index >= 15 is 0 Å². The van der Waals surface area contributed by atoms with Crippen LogP contribution in [0.4, 0.5) is 5.69 Å². The van der Waals surface area contributed by atoms with Crippen LogP contribution in [0.25, 0.3) is 11.3 Å². The number of amides is 1. The first-order valence-corrected chi connectivity index (χ1v) is 8.47. The Labute approximate surface area is 149 Å². The minimum Gasteiger partial charge on any atom is -0.484 e. The molecule has 0 atom stereocenters. The molecule has 3 aromatic rings. The maximum Gasteiger partial charge on any atom is 0.262 e. The van der Waals surface area contributed by atoms with Crippen molar-refractivity contribution in [2.45, 2.75) is 6.92 Å². The van der Waals surface area contributed by atoms with Crippen LogP contribution in [0.5, 0.6) is 5.75 Å². The second-order valence-electron chi connectivity index (χ2n) is 5.30. The summed E-state index contributed by atoms with van der Waals surface area (Å²) in [6.45, 7) is 1.87. The van der Waals surface area contributed by atoms with Crippen molar-refractivity contribution in [3.05, 3.63) is 64.5 Å². The Morgan fingerprint density at radius 2 is 1.92 bits per heavy atom. The number of rotatable bonds is 5. The molecule has 0 aliphatic rings. The van der Waals surface area contributed by atoms with Crippen LogP contribution < -0.4 is 10.1 Å². The zero-order chi connectivity index (χ0) is 17.6.